The van der Waals surface area contributed by atoms with E-state index >= 15 is 0 Å². The average molecular weight is 405 g/mol. The van der Waals surface area contributed by atoms with E-state index in [4.69, 9.17) is 4.74 Å². The topological polar surface area (TPSA) is 43.6 Å². The minimum Gasteiger partial charge on any atom is -0.496 e. The number of thioether (sulfide) groups is 1. The number of aromatic nitrogens is 1. The first-order valence-corrected chi connectivity index (χ1v) is 10.7. The van der Waals surface area contributed by atoms with Crippen molar-refractivity contribution in [3.63, 3.8) is 0 Å². The Morgan fingerprint density at radius 2 is 2.11 bits per heavy atom. The number of carbonyl (C=O) groups is 1. The molecule has 0 unspecified atom stereocenters. The minimum absolute atomic E-state index is 0.218. The van der Waals surface area contributed by atoms with Crippen LogP contribution in [0.1, 0.15) is 11.1 Å². The largest absolute Gasteiger partial charge is 0.496 e. The fourth-order valence-electron chi connectivity index (χ4n) is 2.90. The number of amides is 1. The highest BCUT2D eigenvalue weighted by molar-refractivity contribution is 7.98. The van der Waals surface area contributed by atoms with Crippen molar-refractivity contribution < 1.29 is 13.9 Å². The third kappa shape index (κ3) is 4.59. The molecule has 0 N–H and O–H groups in total. The van der Waals surface area contributed by atoms with Crippen LogP contribution in [-0.4, -0.2) is 29.6 Å². The van der Waals surface area contributed by atoms with Crippen LogP contribution in [0.5, 0.6) is 5.75 Å². The lowest BCUT2D eigenvalue weighted by Crippen LogP contribution is -2.18. The second kappa shape index (κ2) is 8.71. The molecule has 1 aromatic heterocycles. The number of hydrogen-bond donors (Lipinski definition) is 0. The van der Waals surface area contributed by atoms with Gasteiger partial charge in [0.15, 0.2) is 4.80 Å². The van der Waals surface area contributed by atoms with Gasteiger partial charge in [-0.05, 0) is 48.6 Å². The molecule has 0 fully saturated rings. The summed E-state index contributed by atoms with van der Waals surface area (Å²) in [5, 5.41) is 0. The molecule has 0 spiro atoms. The second-order valence-electron chi connectivity index (χ2n) is 6.13. The summed E-state index contributed by atoms with van der Waals surface area (Å²) in [7, 11) is 1.63. The number of benzene rings is 2. The third-order valence-electron chi connectivity index (χ3n) is 4.20. The predicted octanol–water partition coefficient (Wildman–Crippen LogP) is 4.19. The van der Waals surface area contributed by atoms with E-state index < -0.39 is 0 Å². The second-order valence-corrected chi connectivity index (χ2v) is 8.12. The van der Waals surface area contributed by atoms with Crippen molar-refractivity contribution in [2.75, 3.05) is 19.1 Å². The summed E-state index contributed by atoms with van der Waals surface area (Å²) in [5.74, 6) is 1.18. The molecule has 0 aliphatic heterocycles. The number of carbonyl (C=O) groups excluding carboxylic acids is 1. The predicted molar refractivity (Wildman–Crippen MR) is 110 cm³/mol. The molecule has 0 aliphatic carbocycles. The number of ether oxygens (including phenoxy) is 1. The quantitative estimate of drug-likeness (QED) is 0.619. The molecule has 142 valence electrons. The standard InChI is InChI=1S/C20H21FN2O2S2/c1-13-10-14(4-7-17(13)25-2)11-19(24)22-20-23(8-9-26-3)16-6-5-15(21)12-18(16)27-20/h4-7,10,12H,8-9,11H2,1-3H3. The molecule has 3 rings (SSSR count). The molecule has 3 aromatic rings. The van der Waals surface area contributed by atoms with Crippen LogP contribution in [-0.2, 0) is 17.8 Å². The van der Waals surface area contributed by atoms with Gasteiger partial charge in [0.25, 0.3) is 5.91 Å². The Kier molecular flexibility index (Phi) is 6.34. The van der Waals surface area contributed by atoms with E-state index in [9.17, 15) is 9.18 Å². The molecular formula is C20H21FN2O2S2. The van der Waals surface area contributed by atoms with Gasteiger partial charge in [-0.1, -0.05) is 23.5 Å². The summed E-state index contributed by atoms with van der Waals surface area (Å²) in [5.41, 5.74) is 2.78. The van der Waals surface area contributed by atoms with Crippen molar-refractivity contribution in [1.82, 2.24) is 4.57 Å². The van der Waals surface area contributed by atoms with Crippen molar-refractivity contribution in [2.24, 2.45) is 4.99 Å². The Labute approximate surface area is 165 Å². The molecule has 1 heterocycles. The van der Waals surface area contributed by atoms with Gasteiger partial charge in [-0.15, -0.1) is 0 Å². The van der Waals surface area contributed by atoms with Crippen LogP contribution in [0.25, 0.3) is 10.2 Å². The number of nitrogens with zero attached hydrogens (tertiary/aromatic N) is 2. The molecule has 0 saturated carbocycles. The molecule has 7 heteroatoms. The van der Waals surface area contributed by atoms with E-state index in [1.165, 1.54) is 23.5 Å². The Morgan fingerprint density at radius 1 is 1.30 bits per heavy atom. The highest BCUT2D eigenvalue weighted by Crippen LogP contribution is 2.20. The van der Waals surface area contributed by atoms with Crippen LogP contribution in [0.15, 0.2) is 41.4 Å². The van der Waals surface area contributed by atoms with Crippen LogP contribution >= 0.6 is 23.1 Å². The normalized spacial score (nSPS) is 11.9. The first-order chi connectivity index (χ1) is 13.0. The molecule has 1 amide bonds. The van der Waals surface area contributed by atoms with Gasteiger partial charge in [0.05, 0.1) is 23.7 Å². The lowest BCUT2D eigenvalue weighted by atomic mass is 10.1. The van der Waals surface area contributed by atoms with E-state index in [1.54, 1.807) is 24.9 Å². The van der Waals surface area contributed by atoms with Gasteiger partial charge in [-0.2, -0.15) is 16.8 Å². The molecule has 0 saturated heterocycles. The number of aryl methyl sites for hydroxylation is 2. The number of rotatable bonds is 6. The zero-order chi connectivity index (χ0) is 19.4. The van der Waals surface area contributed by atoms with Crippen LogP contribution < -0.4 is 9.54 Å². The highest BCUT2D eigenvalue weighted by atomic mass is 32.2. The first kappa shape index (κ1) is 19.6. The molecule has 4 nitrogen and oxygen atoms in total. The number of fused-ring (bicyclic) bond motifs is 1. The number of hydrogen-bond acceptors (Lipinski definition) is 4. The van der Waals surface area contributed by atoms with Gasteiger partial charge < -0.3 is 9.30 Å². The van der Waals surface area contributed by atoms with Gasteiger partial charge in [-0.3, -0.25) is 4.79 Å². The van der Waals surface area contributed by atoms with E-state index in [0.29, 0.717) is 4.80 Å². The maximum atomic E-state index is 13.6. The molecule has 2 aromatic carbocycles. The van der Waals surface area contributed by atoms with Crippen LogP contribution in [0, 0.1) is 12.7 Å². The molecule has 27 heavy (non-hydrogen) atoms. The molecular weight excluding hydrogens is 383 g/mol. The minimum atomic E-state index is -0.285. The van der Waals surface area contributed by atoms with Crippen molar-refractivity contribution in [2.45, 2.75) is 19.9 Å². The van der Waals surface area contributed by atoms with Crippen molar-refractivity contribution in [3.05, 3.63) is 58.1 Å². The summed E-state index contributed by atoms with van der Waals surface area (Å²) in [6, 6.07) is 10.4. The Hall–Kier alpha value is -2.12. The van der Waals surface area contributed by atoms with Gasteiger partial charge in [0, 0.05) is 12.3 Å². The van der Waals surface area contributed by atoms with Crippen LogP contribution in [0.4, 0.5) is 4.39 Å². The van der Waals surface area contributed by atoms with Crippen LogP contribution in [0.3, 0.4) is 0 Å². The fraction of sp³-hybridized carbons (Fsp3) is 0.300. The Morgan fingerprint density at radius 3 is 2.81 bits per heavy atom. The van der Waals surface area contributed by atoms with Crippen LogP contribution in [0.2, 0.25) is 0 Å². The molecule has 0 bridgehead atoms. The van der Waals surface area contributed by atoms with E-state index in [1.807, 2.05) is 35.9 Å². The van der Waals surface area contributed by atoms with E-state index in [2.05, 4.69) is 4.99 Å². The van der Waals surface area contributed by atoms with Gasteiger partial charge >= 0.3 is 0 Å². The highest BCUT2D eigenvalue weighted by Gasteiger charge is 2.10. The van der Waals surface area contributed by atoms with Gasteiger partial charge in [0.1, 0.15) is 11.6 Å². The zero-order valence-corrected chi connectivity index (χ0v) is 17.1. The van der Waals surface area contributed by atoms with Crippen molar-refractivity contribution in [1.29, 1.82) is 0 Å². The number of halogens is 1. The van der Waals surface area contributed by atoms with Crippen molar-refractivity contribution >= 4 is 39.2 Å². The molecule has 0 radical (unpaired) electrons. The maximum absolute atomic E-state index is 13.6. The summed E-state index contributed by atoms with van der Waals surface area (Å²) < 4.78 is 21.6. The average Bonchev–Trinajstić information content (AvgIpc) is 2.95. The third-order valence-corrected chi connectivity index (χ3v) is 5.83. The first-order valence-electron chi connectivity index (χ1n) is 8.50. The maximum Gasteiger partial charge on any atom is 0.252 e. The summed E-state index contributed by atoms with van der Waals surface area (Å²) in [4.78, 5) is 17.5. The summed E-state index contributed by atoms with van der Waals surface area (Å²) >= 11 is 3.06. The molecule has 0 aliphatic rings. The monoisotopic (exact) mass is 404 g/mol. The SMILES string of the molecule is COc1ccc(CC(=O)N=c2sc3cc(F)ccc3n2CCSC)cc1C. The van der Waals surface area contributed by atoms with Gasteiger partial charge in [0.2, 0.25) is 0 Å². The molecule has 0 atom stereocenters. The van der Waals surface area contributed by atoms with Crippen molar-refractivity contribution in [3.8, 4) is 5.75 Å². The lowest BCUT2D eigenvalue weighted by molar-refractivity contribution is -0.117. The number of methoxy groups -OCH3 is 1. The van der Waals surface area contributed by atoms with E-state index in [0.717, 1.165) is 39.4 Å². The smallest absolute Gasteiger partial charge is 0.252 e. The van der Waals surface area contributed by atoms with Gasteiger partial charge in [-0.25, -0.2) is 4.39 Å². The Bertz CT molecular complexity index is 1040. The summed E-state index contributed by atoms with van der Waals surface area (Å²) in [6.07, 6.45) is 2.25. The van der Waals surface area contributed by atoms with E-state index in [-0.39, 0.29) is 18.1 Å². The fourth-order valence-corrected chi connectivity index (χ4v) is 4.37. The lowest BCUT2D eigenvalue weighted by Gasteiger charge is -2.06. The number of thiazole rings is 1. The summed E-state index contributed by atoms with van der Waals surface area (Å²) in [6.45, 7) is 2.67. The Balaban J connectivity index is 1.93. The zero-order valence-electron chi connectivity index (χ0n) is 15.5.